The molecule has 2 aliphatic heterocycles. The maximum atomic E-state index is 12.6. The van der Waals surface area contributed by atoms with E-state index in [9.17, 15) is 4.79 Å². The molecule has 1 amide bonds. The van der Waals surface area contributed by atoms with Gasteiger partial charge < -0.3 is 19.9 Å². The van der Waals surface area contributed by atoms with E-state index in [1.807, 2.05) is 30.3 Å². The lowest BCUT2D eigenvalue weighted by atomic mass is 10.1. The third-order valence-electron chi connectivity index (χ3n) is 5.14. The summed E-state index contributed by atoms with van der Waals surface area (Å²) in [6.07, 6.45) is 5.50. The second-order valence-electron chi connectivity index (χ2n) is 7.10. The molecule has 2 aliphatic rings. The Bertz CT molecular complexity index is 772. The van der Waals surface area contributed by atoms with Crippen LogP contribution in [0.15, 0.2) is 42.6 Å². The molecule has 0 spiro atoms. The number of hydrogen-bond acceptors (Lipinski definition) is 5. The molecule has 1 aromatic heterocycles. The van der Waals surface area contributed by atoms with Crippen LogP contribution in [0.5, 0.6) is 0 Å². The molecule has 6 nitrogen and oxygen atoms in total. The third kappa shape index (κ3) is 4.39. The molecule has 1 N–H and O–H groups in total. The van der Waals surface area contributed by atoms with Crippen molar-refractivity contribution in [2.45, 2.75) is 25.9 Å². The molecule has 3 heterocycles. The van der Waals surface area contributed by atoms with Gasteiger partial charge in [0.2, 0.25) is 5.91 Å². The van der Waals surface area contributed by atoms with Gasteiger partial charge >= 0.3 is 0 Å². The Kier molecular flexibility index (Phi) is 5.53. The Balaban J connectivity index is 1.38. The smallest absolute Gasteiger partial charge is 0.243 e. The minimum Gasteiger partial charge on any atom is -0.375 e. The molecule has 27 heavy (non-hydrogen) atoms. The zero-order valence-corrected chi connectivity index (χ0v) is 15.6. The van der Waals surface area contributed by atoms with Gasteiger partial charge in [0.05, 0.1) is 31.6 Å². The Hall–Kier alpha value is -2.60. The molecule has 6 heteroatoms. The number of ether oxygens (including phenoxy) is 1. The summed E-state index contributed by atoms with van der Waals surface area (Å²) >= 11 is 0. The van der Waals surface area contributed by atoms with E-state index in [0.29, 0.717) is 26.3 Å². The van der Waals surface area contributed by atoms with Crippen LogP contribution in [-0.4, -0.2) is 43.7 Å². The summed E-state index contributed by atoms with van der Waals surface area (Å²) in [5.74, 6) is 0.950. The molecular weight excluding hydrogens is 340 g/mol. The number of nitrogens with zero attached hydrogens (tertiary/aromatic N) is 3. The SMILES string of the molecule is O=C(CN1CCOCc2ccccc21)Nc1ccc(N2CCCCC2)nc1. The van der Waals surface area contributed by atoms with Gasteiger partial charge in [0.1, 0.15) is 5.82 Å². The number of hydrogen-bond donors (Lipinski definition) is 1. The average molecular weight is 366 g/mol. The van der Waals surface area contributed by atoms with Crippen LogP contribution in [0.1, 0.15) is 24.8 Å². The molecule has 0 atom stereocenters. The fourth-order valence-electron chi connectivity index (χ4n) is 3.73. The number of carbonyl (C=O) groups is 1. The quantitative estimate of drug-likeness (QED) is 0.901. The van der Waals surface area contributed by atoms with Crippen molar-refractivity contribution in [1.82, 2.24) is 4.98 Å². The van der Waals surface area contributed by atoms with Gasteiger partial charge in [0.25, 0.3) is 0 Å². The highest BCUT2D eigenvalue weighted by Crippen LogP contribution is 2.24. The van der Waals surface area contributed by atoms with E-state index < -0.39 is 0 Å². The van der Waals surface area contributed by atoms with Crippen LogP contribution in [0.4, 0.5) is 17.2 Å². The fraction of sp³-hybridized carbons (Fsp3) is 0.429. The Labute approximate surface area is 160 Å². The molecule has 0 radical (unpaired) electrons. The lowest BCUT2D eigenvalue weighted by Gasteiger charge is -2.27. The highest BCUT2D eigenvalue weighted by atomic mass is 16.5. The zero-order chi connectivity index (χ0) is 18.5. The first-order valence-electron chi connectivity index (χ1n) is 9.71. The first kappa shape index (κ1) is 17.8. The van der Waals surface area contributed by atoms with Crippen molar-refractivity contribution in [2.75, 3.05) is 47.9 Å². The van der Waals surface area contributed by atoms with E-state index in [4.69, 9.17) is 4.74 Å². The van der Waals surface area contributed by atoms with E-state index in [-0.39, 0.29) is 5.91 Å². The van der Waals surface area contributed by atoms with Crippen molar-refractivity contribution in [1.29, 1.82) is 0 Å². The molecule has 0 bridgehead atoms. The second-order valence-corrected chi connectivity index (χ2v) is 7.10. The van der Waals surface area contributed by atoms with E-state index in [1.165, 1.54) is 19.3 Å². The van der Waals surface area contributed by atoms with Crippen molar-refractivity contribution in [3.05, 3.63) is 48.2 Å². The fourth-order valence-corrected chi connectivity index (χ4v) is 3.73. The number of rotatable bonds is 4. The highest BCUT2D eigenvalue weighted by molar-refractivity contribution is 5.94. The number of piperidine rings is 1. The van der Waals surface area contributed by atoms with Crippen LogP contribution in [0.25, 0.3) is 0 Å². The van der Waals surface area contributed by atoms with E-state index in [2.05, 4.69) is 26.2 Å². The molecule has 4 rings (SSSR count). The largest absolute Gasteiger partial charge is 0.375 e. The zero-order valence-electron chi connectivity index (χ0n) is 15.6. The van der Waals surface area contributed by atoms with Gasteiger partial charge in [-0.1, -0.05) is 18.2 Å². The lowest BCUT2D eigenvalue weighted by Crippen LogP contribution is -2.35. The highest BCUT2D eigenvalue weighted by Gasteiger charge is 2.18. The predicted molar refractivity (Wildman–Crippen MR) is 107 cm³/mol. The topological polar surface area (TPSA) is 57.7 Å². The van der Waals surface area contributed by atoms with Crippen LogP contribution in [0.2, 0.25) is 0 Å². The van der Waals surface area contributed by atoms with Gasteiger partial charge in [-0.05, 0) is 37.5 Å². The van der Waals surface area contributed by atoms with Crippen molar-refractivity contribution in [3.63, 3.8) is 0 Å². The monoisotopic (exact) mass is 366 g/mol. The van der Waals surface area contributed by atoms with Crippen molar-refractivity contribution in [2.24, 2.45) is 0 Å². The number of nitrogens with one attached hydrogen (secondary N) is 1. The molecule has 1 saturated heterocycles. The predicted octanol–water partition coefficient (Wildman–Crippen LogP) is 3.05. The number of aromatic nitrogens is 1. The van der Waals surface area contributed by atoms with Gasteiger partial charge in [0, 0.05) is 30.9 Å². The number of carbonyl (C=O) groups excluding carboxylic acids is 1. The number of pyridine rings is 1. The summed E-state index contributed by atoms with van der Waals surface area (Å²) in [4.78, 5) is 21.5. The molecular formula is C21H26N4O2. The van der Waals surface area contributed by atoms with E-state index >= 15 is 0 Å². The number of amides is 1. The summed E-state index contributed by atoms with van der Waals surface area (Å²) in [5, 5.41) is 2.97. The van der Waals surface area contributed by atoms with Crippen LogP contribution in [-0.2, 0) is 16.1 Å². The van der Waals surface area contributed by atoms with E-state index in [1.54, 1.807) is 6.20 Å². The Morgan fingerprint density at radius 3 is 2.74 bits per heavy atom. The summed E-state index contributed by atoms with van der Waals surface area (Å²) in [5.41, 5.74) is 2.93. The molecule has 0 aliphatic carbocycles. The second kappa shape index (κ2) is 8.39. The van der Waals surface area contributed by atoms with Gasteiger partial charge in [-0.2, -0.15) is 0 Å². The Morgan fingerprint density at radius 2 is 1.93 bits per heavy atom. The van der Waals surface area contributed by atoms with Crippen LogP contribution in [0.3, 0.4) is 0 Å². The van der Waals surface area contributed by atoms with Gasteiger partial charge in [-0.25, -0.2) is 4.98 Å². The first-order valence-corrected chi connectivity index (χ1v) is 9.71. The van der Waals surface area contributed by atoms with Crippen LogP contribution in [0, 0.1) is 0 Å². The van der Waals surface area contributed by atoms with Gasteiger partial charge in [-0.15, -0.1) is 0 Å². The maximum Gasteiger partial charge on any atom is 0.243 e. The molecule has 0 unspecified atom stereocenters. The first-order chi connectivity index (χ1) is 13.3. The molecule has 0 saturated carbocycles. The van der Waals surface area contributed by atoms with Crippen molar-refractivity contribution >= 4 is 23.1 Å². The van der Waals surface area contributed by atoms with Gasteiger partial charge in [0.15, 0.2) is 0 Å². The number of anilines is 3. The van der Waals surface area contributed by atoms with Crippen LogP contribution < -0.4 is 15.1 Å². The number of benzene rings is 1. The van der Waals surface area contributed by atoms with Crippen molar-refractivity contribution < 1.29 is 9.53 Å². The molecule has 1 fully saturated rings. The molecule has 1 aromatic carbocycles. The van der Waals surface area contributed by atoms with Crippen LogP contribution >= 0.6 is 0 Å². The number of para-hydroxylation sites is 1. The van der Waals surface area contributed by atoms with E-state index in [0.717, 1.165) is 35.8 Å². The standard InChI is InChI=1S/C21H26N4O2/c26-21(15-25-12-13-27-16-17-6-2-3-7-19(17)25)23-18-8-9-20(22-14-18)24-10-4-1-5-11-24/h2-3,6-9,14H,1,4-5,10-13,15-16H2,(H,23,26). The number of fused-ring (bicyclic) bond motifs is 1. The lowest BCUT2D eigenvalue weighted by molar-refractivity contribution is -0.115. The maximum absolute atomic E-state index is 12.6. The molecule has 142 valence electrons. The summed E-state index contributed by atoms with van der Waals surface area (Å²) in [7, 11) is 0. The molecule has 2 aromatic rings. The minimum atomic E-state index is -0.0424. The Morgan fingerprint density at radius 1 is 1.07 bits per heavy atom. The summed E-state index contributed by atoms with van der Waals surface area (Å²) in [6.45, 7) is 4.35. The minimum absolute atomic E-state index is 0.0424. The normalized spacial score (nSPS) is 17.2. The summed E-state index contributed by atoms with van der Waals surface area (Å²) < 4.78 is 5.63. The average Bonchev–Trinajstić information content (AvgIpc) is 2.92. The third-order valence-corrected chi connectivity index (χ3v) is 5.14. The van der Waals surface area contributed by atoms with Crippen molar-refractivity contribution in [3.8, 4) is 0 Å². The summed E-state index contributed by atoms with van der Waals surface area (Å²) in [6, 6.07) is 12.0. The van der Waals surface area contributed by atoms with Gasteiger partial charge in [-0.3, -0.25) is 4.79 Å².